The molecule has 5 rings (SSSR count). The second-order valence-corrected chi connectivity index (χ2v) is 8.63. The van der Waals surface area contributed by atoms with E-state index in [1.165, 1.54) is 12.1 Å². The van der Waals surface area contributed by atoms with E-state index in [4.69, 9.17) is 16.9 Å². The predicted octanol–water partition coefficient (Wildman–Crippen LogP) is 3.52. The molecule has 0 saturated carbocycles. The Balaban J connectivity index is 1.64. The number of hydrogen-bond acceptors (Lipinski definition) is 5. The highest BCUT2D eigenvalue weighted by Crippen LogP contribution is 2.30. The van der Waals surface area contributed by atoms with E-state index < -0.39 is 5.82 Å². The van der Waals surface area contributed by atoms with E-state index >= 15 is 0 Å². The van der Waals surface area contributed by atoms with Crippen LogP contribution in [0.25, 0.3) is 28.0 Å². The van der Waals surface area contributed by atoms with Gasteiger partial charge in [0.05, 0.1) is 11.1 Å². The number of nitriles is 1. The number of aromatic nitrogens is 4. The Labute approximate surface area is 200 Å². The number of rotatable bonds is 4. The van der Waals surface area contributed by atoms with Crippen molar-refractivity contribution in [2.24, 2.45) is 7.05 Å². The zero-order valence-electron chi connectivity index (χ0n) is 18.6. The van der Waals surface area contributed by atoms with Crippen molar-refractivity contribution < 1.29 is 9.18 Å². The van der Waals surface area contributed by atoms with Gasteiger partial charge in [0.25, 0.3) is 5.91 Å². The molecule has 8 nitrogen and oxygen atoms in total. The Morgan fingerprint density at radius 3 is 2.82 bits per heavy atom. The molecule has 2 aromatic heterocycles. The molecular weight excluding hydrogens is 457 g/mol. The van der Waals surface area contributed by atoms with Crippen LogP contribution in [0.3, 0.4) is 0 Å². The molecule has 34 heavy (non-hydrogen) atoms. The van der Waals surface area contributed by atoms with E-state index in [-0.39, 0.29) is 23.2 Å². The van der Waals surface area contributed by atoms with Gasteiger partial charge in [0.15, 0.2) is 0 Å². The number of carbonyl (C=O) groups excluding carboxylic acids is 1. The zero-order valence-corrected chi connectivity index (χ0v) is 19.3. The molecule has 0 bridgehead atoms. The van der Waals surface area contributed by atoms with Gasteiger partial charge in [-0.05, 0) is 49.9 Å². The van der Waals surface area contributed by atoms with Gasteiger partial charge in [-0.25, -0.2) is 9.37 Å². The van der Waals surface area contributed by atoms with Crippen LogP contribution >= 0.6 is 11.6 Å². The van der Waals surface area contributed by atoms with Gasteiger partial charge in [0.2, 0.25) is 0 Å². The lowest BCUT2D eigenvalue weighted by molar-refractivity contribution is 0.0784. The molecule has 1 amide bonds. The van der Waals surface area contributed by atoms with Crippen LogP contribution in [0.5, 0.6) is 0 Å². The second-order valence-electron chi connectivity index (χ2n) is 8.27. The molecule has 172 valence electrons. The van der Waals surface area contributed by atoms with Gasteiger partial charge in [-0.3, -0.25) is 14.0 Å². The van der Waals surface area contributed by atoms with Gasteiger partial charge in [-0.1, -0.05) is 11.6 Å². The van der Waals surface area contributed by atoms with Crippen molar-refractivity contribution in [1.29, 1.82) is 5.26 Å². The van der Waals surface area contributed by atoms with Crippen molar-refractivity contribution in [3.8, 4) is 23.1 Å². The summed E-state index contributed by atoms with van der Waals surface area (Å²) in [5.74, 6) is -0.451. The molecule has 1 aliphatic heterocycles. The Bertz CT molecular complexity index is 1470. The van der Waals surface area contributed by atoms with Crippen LogP contribution in [0.1, 0.15) is 22.5 Å². The van der Waals surface area contributed by atoms with Crippen LogP contribution in [-0.2, 0) is 7.05 Å². The number of hydrogen-bond donors (Lipinski definition) is 1. The molecular formula is C24H21ClFN7O. The average molecular weight is 478 g/mol. The summed E-state index contributed by atoms with van der Waals surface area (Å²) in [4.78, 5) is 19.6. The number of likely N-dealkylation sites (tertiary alicyclic amines) is 1. The van der Waals surface area contributed by atoms with Crippen LogP contribution in [0.2, 0.25) is 5.15 Å². The lowest BCUT2D eigenvalue weighted by Gasteiger charge is -2.14. The molecule has 1 fully saturated rings. The fraction of sp³-hybridized carbons (Fsp3) is 0.250. The standard InChI is InChI=1S/C24H21ClFN7O/c1-28-16-7-8-32(12-16)24(34)21-13-33(17-5-6-20-18(10-17)22(25)31(2)30-20)23(29-21)14-3-4-15(11-27)19(26)9-14/h3-6,9-10,13,16,28H,7-8,12H2,1-2H3/t16-/m0/s1. The number of likely N-dealkylation sites (N-methyl/N-ethyl adjacent to an activating group) is 1. The maximum absolute atomic E-state index is 14.5. The van der Waals surface area contributed by atoms with Gasteiger partial charge >= 0.3 is 0 Å². The quantitative estimate of drug-likeness (QED) is 0.485. The maximum atomic E-state index is 14.5. The average Bonchev–Trinajstić information content (AvgIpc) is 3.56. The molecule has 10 heteroatoms. The number of halogens is 2. The summed E-state index contributed by atoms with van der Waals surface area (Å²) in [5.41, 5.74) is 2.07. The molecule has 4 aromatic rings. The smallest absolute Gasteiger partial charge is 0.274 e. The minimum absolute atomic E-state index is 0.0584. The van der Waals surface area contributed by atoms with E-state index in [0.29, 0.717) is 35.3 Å². The monoisotopic (exact) mass is 477 g/mol. The lowest BCUT2D eigenvalue weighted by Crippen LogP contribution is -2.33. The van der Waals surface area contributed by atoms with Crippen molar-refractivity contribution >= 4 is 28.4 Å². The Kier molecular flexibility index (Phi) is 5.55. The summed E-state index contributed by atoms with van der Waals surface area (Å²) in [6.45, 7) is 1.23. The van der Waals surface area contributed by atoms with Crippen LogP contribution < -0.4 is 5.32 Å². The van der Waals surface area contributed by atoms with Gasteiger partial charge in [-0.2, -0.15) is 10.4 Å². The predicted molar refractivity (Wildman–Crippen MR) is 126 cm³/mol. The third-order valence-electron chi connectivity index (χ3n) is 6.18. The lowest BCUT2D eigenvalue weighted by atomic mass is 10.1. The number of imidazole rings is 1. The molecule has 0 spiro atoms. The first-order valence-corrected chi connectivity index (χ1v) is 11.2. The third kappa shape index (κ3) is 3.71. The van der Waals surface area contributed by atoms with Crippen LogP contribution in [-0.4, -0.2) is 56.3 Å². The number of fused-ring (bicyclic) bond motifs is 1. The molecule has 1 atom stereocenters. The van der Waals surface area contributed by atoms with Gasteiger partial charge < -0.3 is 10.2 Å². The van der Waals surface area contributed by atoms with Crippen molar-refractivity contribution in [1.82, 2.24) is 29.5 Å². The normalized spacial score (nSPS) is 15.7. The fourth-order valence-corrected chi connectivity index (χ4v) is 4.47. The molecule has 1 aliphatic rings. The Morgan fingerprint density at radius 2 is 2.12 bits per heavy atom. The highest BCUT2D eigenvalue weighted by atomic mass is 35.5. The number of amides is 1. The minimum Gasteiger partial charge on any atom is -0.336 e. The van der Waals surface area contributed by atoms with Gasteiger partial charge in [0, 0.05) is 49.0 Å². The SMILES string of the molecule is CN[C@H]1CCN(C(=O)c2cn(-c3ccc4nn(C)c(Cl)c4c3)c(-c3ccc(C#N)c(F)c3)n2)C1. The van der Waals surface area contributed by atoms with Crippen molar-refractivity contribution in [3.63, 3.8) is 0 Å². The Morgan fingerprint density at radius 1 is 1.29 bits per heavy atom. The van der Waals surface area contributed by atoms with Gasteiger partial charge in [-0.15, -0.1) is 0 Å². The molecule has 3 heterocycles. The number of aryl methyl sites for hydroxylation is 1. The largest absolute Gasteiger partial charge is 0.336 e. The summed E-state index contributed by atoms with van der Waals surface area (Å²) in [5, 5.41) is 17.9. The molecule has 0 unspecified atom stereocenters. The summed E-state index contributed by atoms with van der Waals surface area (Å²) >= 11 is 6.41. The summed E-state index contributed by atoms with van der Waals surface area (Å²) < 4.78 is 17.8. The topological polar surface area (TPSA) is 91.8 Å². The molecule has 1 saturated heterocycles. The van der Waals surface area contributed by atoms with Gasteiger partial charge in [0.1, 0.15) is 28.6 Å². The minimum atomic E-state index is -0.649. The maximum Gasteiger partial charge on any atom is 0.274 e. The first-order valence-electron chi connectivity index (χ1n) is 10.8. The van der Waals surface area contributed by atoms with Crippen LogP contribution in [0.4, 0.5) is 4.39 Å². The summed E-state index contributed by atoms with van der Waals surface area (Å²) in [7, 11) is 3.64. The van der Waals surface area contributed by atoms with Crippen molar-refractivity contribution in [3.05, 3.63) is 64.8 Å². The van der Waals surface area contributed by atoms with E-state index in [1.807, 2.05) is 31.3 Å². The van der Waals surface area contributed by atoms with E-state index in [2.05, 4.69) is 15.4 Å². The highest BCUT2D eigenvalue weighted by Gasteiger charge is 2.28. The van der Waals surface area contributed by atoms with E-state index in [0.717, 1.165) is 17.3 Å². The Hall–Kier alpha value is -3.74. The van der Waals surface area contributed by atoms with E-state index in [1.54, 1.807) is 33.5 Å². The number of benzene rings is 2. The number of nitrogens with zero attached hydrogens (tertiary/aromatic N) is 6. The zero-order chi connectivity index (χ0) is 24.0. The number of nitrogens with one attached hydrogen (secondary N) is 1. The highest BCUT2D eigenvalue weighted by molar-refractivity contribution is 6.34. The third-order valence-corrected chi connectivity index (χ3v) is 6.63. The van der Waals surface area contributed by atoms with Crippen LogP contribution in [0, 0.1) is 17.1 Å². The first kappa shape index (κ1) is 22.1. The number of carbonyl (C=O) groups is 1. The molecule has 0 radical (unpaired) electrons. The van der Waals surface area contributed by atoms with Crippen molar-refractivity contribution in [2.45, 2.75) is 12.5 Å². The van der Waals surface area contributed by atoms with Crippen LogP contribution in [0.15, 0.2) is 42.6 Å². The molecule has 2 aromatic carbocycles. The first-order chi connectivity index (χ1) is 16.4. The summed E-state index contributed by atoms with van der Waals surface area (Å²) in [6.07, 6.45) is 2.53. The molecule has 0 aliphatic carbocycles. The second kappa shape index (κ2) is 8.56. The van der Waals surface area contributed by atoms with Crippen molar-refractivity contribution in [2.75, 3.05) is 20.1 Å². The fourth-order valence-electron chi connectivity index (χ4n) is 4.28. The van der Waals surface area contributed by atoms with E-state index in [9.17, 15) is 9.18 Å². The summed E-state index contributed by atoms with van der Waals surface area (Å²) in [6, 6.07) is 11.9. The molecule has 1 N–H and O–H groups in total.